The van der Waals surface area contributed by atoms with Gasteiger partial charge in [0.1, 0.15) is 11.6 Å². The molecule has 1 rings (SSSR count). The fourth-order valence-corrected chi connectivity index (χ4v) is 1.20. The van der Waals surface area contributed by atoms with Crippen LogP contribution in [0.3, 0.4) is 0 Å². The molecule has 0 aromatic carbocycles. The van der Waals surface area contributed by atoms with Gasteiger partial charge in [0.2, 0.25) is 0 Å². The summed E-state index contributed by atoms with van der Waals surface area (Å²) in [7, 11) is 0. The number of alkyl carbamates (subject to hydrolysis) is 1. The van der Waals surface area contributed by atoms with Crippen LogP contribution in [0.5, 0.6) is 0 Å². The van der Waals surface area contributed by atoms with Gasteiger partial charge in [-0.1, -0.05) is 0 Å². The number of carbonyl (C=O) groups excluding carboxylic acids is 3. The van der Waals surface area contributed by atoms with Gasteiger partial charge in [-0.15, -0.1) is 0 Å². The highest BCUT2D eigenvalue weighted by atomic mass is 16.6. The quantitative estimate of drug-likeness (QED) is 0.529. The zero-order valence-corrected chi connectivity index (χ0v) is 9.53. The Bertz CT molecular complexity index is 318. The van der Waals surface area contributed by atoms with Crippen LogP contribution in [-0.2, 0) is 19.1 Å². The number of nitrogens with one attached hydrogen (secondary N) is 1. The molecule has 1 heterocycles. The fourth-order valence-electron chi connectivity index (χ4n) is 1.20. The number of cyclic esters (lactones) is 2. The molecule has 0 aromatic rings. The van der Waals surface area contributed by atoms with Gasteiger partial charge in [0.25, 0.3) is 0 Å². The molecule has 90 valence electrons. The first kappa shape index (κ1) is 12.5. The van der Waals surface area contributed by atoms with Crippen molar-refractivity contribution in [2.75, 3.05) is 0 Å². The third-order valence-corrected chi connectivity index (χ3v) is 1.83. The molecule has 0 aliphatic carbocycles. The van der Waals surface area contributed by atoms with Crippen LogP contribution in [0.25, 0.3) is 0 Å². The summed E-state index contributed by atoms with van der Waals surface area (Å²) in [5.74, 6) is -1.30. The lowest BCUT2D eigenvalue weighted by Crippen LogP contribution is -2.47. The van der Waals surface area contributed by atoms with Gasteiger partial charge >= 0.3 is 18.0 Å². The third kappa shape index (κ3) is 3.88. The summed E-state index contributed by atoms with van der Waals surface area (Å²) >= 11 is 0. The number of ether oxygens (including phenoxy) is 2. The first-order valence-corrected chi connectivity index (χ1v) is 5.02. The predicted octanol–water partition coefficient (Wildman–Crippen LogP) is 0.743. The van der Waals surface area contributed by atoms with Crippen LogP contribution in [-0.4, -0.2) is 29.7 Å². The maximum Gasteiger partial charge on any atom is 0.408 e. The van der Waals surface area contributed by atoms with Gasteiger partial charge in [-0.25, -0.2) is 9.59 Å². The monoisotopic (exact) mass is 229 g/mol. The molecule has 0 spiro atoms. The van der Waals surface area contributed by atoms with E-state index in [1.165, 1.54) is 0 Å². The molecule has 1 amide bonds. The van der Waals surface area contributed by atoms with Gasteiger partial charge in [0.05, 0.1) is 0 Å². The average Bonchev–Trinajstić information content (AvgIpc) is 2.06. The van der Waals surface area contributed by atoms with Crippen LogP contribution in [0, 0.1) is 0 Å². The predicted molar refractivity (Wildman–Crippen MR) is 53.5 cm³/mol. The highest BCUT2D eigenvalue weighted by Gasteiger charge is 2.31. The minimum Gasteiger partial charge on any atom is -0.444 e. The molecule has 16 heavy (non-hydrogen) atoms. The average molecular weight is 229 g/mol. The summed E-state index contributed by atoms with van der Waals surface area (Å²) in [4.78, 5) is 33.3. The van der Waals surface area contributed by atoms with Crippen molar-refractivity contribution < 1.29 is 23.9 Å². The molecule has 1 fully saturated rings. The van der Waals surface area contributed by atoms with Crippen molar-refractivity contribution in [1.29, 1.82) is 0 Å². The van der Waals surface area contributed by atoms with E-state index in [0.29, 0.717) is 0 Å². The molecule has 0 aromatic heterocycles. The van der Waals surface area contributed by atoms with Gasteiger partial charge in [0, 0.05) is 6.42 Å². The molecule has 1 aliphatic heterocycles. The van der Waals surface area contributed by atoms with Crippen LogP contribution in [0.2, 0.25) is 0 Å². The molecule has 1 N–H and O–H groups in total. The van der Waals surface area contributed by atoms with E-state index in [4.69, 9.17) is 4.74 Å². The lowest BCUT2D eigenvalue weighted by Gasteiger charge is -2.24. The Morgan fingerprint density at radius 2 is 2.06 bits per heavy atom. The third-order valence-electron chi connectivity index (χ3n) is 1.83. The molecule has 0 radical (unpaired) electrons. The lowest BCUT2D eigenvalue weighted by molar-refractivity contribution is -0.165. The molecule has 6 heteroatoms. The van der Waals surface area contributed by atoms with E-state index in [1.807, 2.05) is 0 Å². The van der Waals surface area contributed by atoms with Crippen LogP contribution in [0.4, 0.5) is 4.79 Å². The molecule has 1 aliphatic rings. The molecular weight excluding hydrogens is 214 g/mol. The first-order valence-electron chi connectivity index (χ1n) is 5.02. The van der Waals surface area contributed by atoms with Gasteiger partial charge in [-0.3, -0.25) is 4.79 Å². The maximum atomic E-state index is 11.3. The fraction of sp³-hybridized carbons (Fsp3) is 0.700. The molecule has 1 saturated heterocycles. The normalized spacial score (nSPS) is 21.3. The van der Waals surface area contributed by atoms with Crippen LogP contribution in [0.1, 0.15) is 33.6 Å². The second-order valence-electron chi connectivity index (χ2n) is 4.53. The van der Waals surface area contributed by atoms with E-state index >= 15 is 0 Å². The summed E-state index contributed by atoms with van der Waals surface area (Å²) in [6.45, 7) is 5.15. The largest absolute Gasteiger partial charge is 0.444 e. The lowest BCUT2D eigenvalue weighted by atomic mass is 10.1. The second kappa shape index (κ2) is 4.51. The number of rotatable bonds is 1. The van der Waals surface area contributed by atoms with Crippen molar-refractivity contribution >= 4 is 18.0 Å². The highest BCUT2D eigenvalue weighted by Crippen LogP contribution is 2.11. The zero-order valence-electron chi connectivity index (χ0n) is 9.53. The Hall–Kier alpha value is -1.59. The van der Waals surface area contributed by atoms with Crippen molar-refractivity contribution in [2.24, 2.45) is 0 Å². The van der Waals surface area contributed by atoms with Crippen molar-refractivity contribution in [2.45, 2.75) is 45.3 Å². The molecule has 0 saturated carbocycles. The minimum absolute atomic E-state index is 0.117. The maximum absolute atomic E-state index is 11.3. The Morgan fingerprint density at radius 1 is 1.44 bits per heavy atom. The van der Waals surface area contributed by atoms with Crippen LogP contribution < -0.4 is 5.32 Å². The summed E-state index contributed by atoms with van der Waals surface area (Å²) in [5, 5.41) is 2.36. The summed E-state index contributed by atoms with van der Waals surface area (Å²) in [5.41, 5.74) is -0.627. The Balaban J connectivity index is 2.45. The number of carbonyl (C=O) groups is 3. The SMILES string of the molecule is CC(C)(C)OC(=O)NC1CCC(=O)OC1=O. The van der Waals surface area contributed by atoms with Crippen molar-refractivity contribution in [3.63, 3.8) is 0 Å². The zero-order chi connectivity index (χ0) is 12.3. The topological polar surface area (TPSA) is 81.7 Å². The minimum atomic E-state index is -0.799. The molecule has 1 unspecified atom stereocenters. The number of hydrogen-bond donors (Lipinski definition) is 1. The van der Waals surface area contributed by atoms with Gasteiger partial charge in [0.15, 0.2) is 0 Å². The number of hydrogen-bond acceptors (Lipinski definition) is 5. The summed E-state index contributed by atoms with van der Waals surface area (Å²) in [6.07, 6.45) is -0.327. The number of esters is 2. The standard InChI is InChI=1S/C10H15NO5/c1-10(2,3)16-9(14)11-6-4-5-7(12)15-8(6)13/h6H,4-5H2,1-3H3,(H,11,14). The van der Waals surface area contributed by atoms with Crippen LogP contribution in [0.15, 0.2) is 0 Å². The van der Waals surface area contributed by atoms with Crippen molar-refractivity contribution in [3.05, 3.63) is 0 Å². The first-order chi connectivity index (χ1) is 7.28. The van der Waals surface area contributed by atoms with Crippen molar-refractivity contribution in [1.82, 2.24) is 5.32 Å². The Kier molecular flexibility index (Phi) is 3.51. The van der Waals surface area contributed by atoms with Crippen LogP contribution >= 0.6 is 0 Å². The molecule has 1 atom stereocenters. The Labute approximate surface area is 93.3 Å². The smallest absolute Gasteiger partial charge is 0.408 e. The van der Waals surface area contributed by atoms with E-state index < -0.39 is 29.7 Å². The van der Waals surface area contributed by atoms with Gasteiger partial charge < -0.3 is 14.8 Å². The van der Waals surface area contributed by atoms with E-state index in [9.17, 15) is 14.4 Å². The summed E-state index contributed by atoms with van der Waals surface area (Å²) < 4.78 is 9.35. The van der Waals surface area contributed by atoms with E-state index in [2.05, 4.69) is 10.1 Å². The number of amides is 1. The van der Waals surface area contributed by atoms with E-state index in [0.717, 1.165) is 0 Å². The van der Waals surface area contributed by atoms with E-state index in [1.54, 1.807) is 20.8 Å². The Morgan fingerprint density at radius 3 is 2.56 bits per heavy atom. The molecule has 0 bridgehead atoms. The molecule has 6 nitrogen and oxygen atoms in total. The highest BCUT2D eigenvalue weighted by molar-refractivity contribution is 5.93. The van der Waals surface area contributed by atoms with Crippen molar-refractivity contribution in [3.8, 4) is 0 Å². The van der Waals surface area contributed by atoms with Gasteiger partial charge in [-0.05, 0) is 27.2 Å². The second-order valence-corrected chi connectivity index (χ2v) is 4.53. The summed E-state index contributed by atoms with van der Waals surface area (Å²) in [6, 6.07) is -0.799. The van der Waals surface area contributed by atoms with E-state index in [-0.39, 0.29) is 12.8 Å². The van der Waals surface area contributed by atoms with Gasteiger partial charge in [-0.2, -0.15) is 0 Å². The molecular formula is C10H15NO5.